The Morgan fingerprint density at radius 3 is 2.80 bits per heavy atom. The summed E-state index contributed by atoms with van der Waals surface area (Å²) < 4.78 is 1.67. The predicted molar refractivity (Wildman–Crippen MR) is 74.8 cm³/mol. The van der Waals surface area contributed by atoms with E-state index >= 15 is 0 Å². The summed E-state index contributed by atoms with van der Waals surface area (Å²) in [6.07, 6.45) is 3.45. The molecule has 0 radical (unpaired) electrons. The predicted octanol–water partition coefficient (Wildman–Crippen LogP) is 2.49. The van der Waals surface area contributed by atoms with Crippen LogP contribution in [0, 0.1) is 6.92 Å². The van der Waals surface area contributed by atoms with Gasteiger partial charge in [-0.3, -0.25) is 4.68 Å². The molecule has 0 aliphatic carbocycles. The fraction of sp³-hybridized carbons (Fsp3) is 0.133. The number of hydrogen-bond acceptors (Lipinski definition) is 3. The number of rotatable bonds is 3. The van der Waals surface area contributed by atoms with Crippen LogP contribution in [0.2, 0.25) is 0 Å². The molecule has 2 aromatic heterocycles. The van der Waals surface area contributed by atoms with Crippen LogP contribution in [-0.4, -0.2) is 25.8 Å². The fourth-order valence-corrected chi connectivity index (χ4v) is 2.39. The standard InChI is InChI=1S/C15H13N3O2/c1-10-11-5-2-3-6-12(11)17-13(14(10)15(19)20)9-18-8-4-7-16-18/h2-8H,9H2,1H3,(H,19,20). The van der Waals surface area contributed by atoms with Gasteiger partial charge in [0, 0.05) is 17.8 Å². The zero-order valence-corrected chi connectivity index (χ0v) is 10.9. The number of aryl methyl sites for hydroxylation is 1. The van der Waals surface area contributed by atoms with Gasteiger partial charge >= 0.3 is 5.97 Å². The molecular weight excluding hydrogens is 254 g/mol. The van der Waals surface area contributed by atoms with Gasteiger partial charge in [-0.05, 0) is 24.6 Å². The Morgan fingerprint density at radius 1 is 1.30 bits per heavy atom. The van der Waals surface area contributed by atoms with Crippen molar-refractivity contribution >= 4 is 16.9 Å². The summed E-state index contributed by atoms with van der Waals surface area (Å²) in [6.45, 7) is 2.17. The molecule has 0 bridgehead atoms. The van der Waals surface area contributed by atoms with Gasteiger partial charge in [0.1, 0.15) is 0 Å². The molecule has 1 aromatic carbocycles. The number of carbonyl (C=O) groups is 1. The van der Waals surface area contributed by atoms with Crippen molar-refractivity contribution in [1.29, 1.82) is 0 Å². The number of para-hydroxylation sites is 1. The first-order valence-corrected chi connectivity index (χ1v) is 6.26. The second-order valence-corrected chi connectivity index (χ2v) is 4.58. The summed E-state index contributed by atoms with van der Waals surface area (Å²) in [7, 11) is 0. The smallest absolute Gasteiger partial charge is 0.337 e. The average molecular weight is 267 g/mol. The average Bonchev–Trinajstić information content (AvgIpc) is 2.91. The fourth-order valence-electron chi connectivity index (χ4n) is 2.39. The van der Waals surface area contributed by atoms with Crippen molar-refractivity contribution in [2.45, 2.75) is 13.5 Å². The van der Waals surface area contributed by atoms with Crippen LogP contribution in [0.25, 0.3) is 10.9 Å². The van der Waals surface area contributed by atoms with Gasteiger partial charge < -0.3 is 5.11 Å². The molecule has 0 amide bonds. The minimum absolute atomic E-state index is 0.263. The molecule has 0 fully saturated rings. The third-order valence-electron chi connectivity index (χ3n) is 3.31. The molecule has 0 saturated carbocycles. The van der Waals surface area contributed by atoms with Crippen LogP contribution in [0.3, 0.4) is 0 Å². The molecule has 0 aliphatic heterocycles. The summed E-state index contributed by atoms with van der Waals surface area (Å²) in [5, 5.41) is 14.4. The molecule has 3 aromatic rings. The van der Waals surface area contributed by atoms with Gasteiger partial charge in [0.05, 0.1) is 23.3 Å². The van der Waals surface area contributed by atoms with Crippen molar-refractivity contribution < 1.29 is 9.90 Å². The number of hydrogen-bond donors (Lipinski definition) is 1. The Labute approximate surface area is 115 Å². The monoisotopic (exact) mass is 267 g/mol. The Bertz CT molecular complexity index is 779. The largest absolute Gasteiger partial charge is 0.478 e. The van der Waals surface area contributed by atoms with Crippen LogP contribution in [0.1, 0.15) is 21.6 Å². The third kappa shape index (κ3) is 2.03. The van der Waals surface area contributed by atoms with Crippen LogP contribution in [0.5, 0.6) is 0 Å². The van der Waals surface area contributed by atoms with E-state index in [2.05, 4.69) is 10.1 Å². The Kier molecular flexibility index (Phi) is 2.95. The topological polar surface area (TPSA) is 68.0 Å². The normalized spacial score (nSPS) is 10.8. The number of carboxylic acid groups (broad SMARTS) is 1. The van der Waals surface area contributed by atoms with Gasteiger partial charge in [0.2, 0.25) is 0 Å². The molecule has 5 heteroatoms. The van der Waals surface area contributed by atoms with Crippen molar-refractivity contribution in [1.82, 2.24) is 14.8 Å². The van der Waals surface area contributed by atoms with E-state index < -0.39 is 5.97 Å². The number of carboxylic acids is 1. The van der Waals surface area contributed by atoms with E-state index in [0.717, 1.165) is 16.5 Å². The number of nitrogens with zero attached hydrogens (tertiary/aromatic N) is 3. The molecule has 0 spiro atoms. The highest BCUT2D eigenvalue weighted by atomic mass is 16.4. The molecule has 3 rings (SSSR count). The summed E-state index contributed by atoms with van der Waals surface area (Å²) in [5.74, 6) is -0.956. The highest BCUT2D eigenvalue weighted by Crippen LogP contribution is 2.23. The molecule has 20 heavy (non-hydrogen) atoms. The maximum absolute atomic E-state index is 11.5. The summed E-state index contributed by atoms with van der Waals surface area (Å²) >= 11 is 0. The highest BCUT2D eigenvalue weighted by molar-refractivity contribution is 5.97. The van der Waals surface area contributed by atoms with Crippen molar-refractivity contribution in [2.75, 3.05) is 0 Å². The van der Waals surface area contributed by atoms with Gasteiger partial charge in [-0.1, -0.05) is 18.2 Å². The number of fused-ring (bicyclic) bond motifs is 1. The van der Waals surface area contributed by atoms with Crippen molar-refractivity contribution in [3.8, 4) is 0 Å². The zero-order valence-electron chi connectivity index (χ0n) is 10.9. The second kappa shape index (κ2) is 4.77. The van der Waals surface area contributed by atoms with Gasteiger partial charge in [-0.25, -0.2) is 9.78 Å². The molecule has 0 saturated heterocycles. The first-order valence-electron chi connectivity index (χ1n) is 6.26. The Balaban J connectivity index is 2.23. The lowest BCUT2D eigenvalue weighted by Gasteiger charge is -2.11. The summed E-state index contributed by atoms with van der Waals surface area (Å²) in [5.41, 5.74) is 2.33. The number of benzene rings is 1. The number of aromatic carboxylic acids is 1. The minimum Gasteiger partial charge on any atom is -0.478 e. The molecular formula is C15H13N3O2. The van der Waals surface area contributed by atoms with Crippen molar-refractivity contribution in [2.24, 2.45) is 0 Å². The second-order valence-electron chi connectivity index (χ2n) is 4.58. The van der Waals surface area contributed by atoms with E-state index in [1.54, 1.807) is 23.1 Å². The molecule has 0 unspecified atom stereocenters. The summed E-state index contributed by atoms with van der Waals surface area (Å²) in [6, 6.07) is 9.36. The SMILES string of the molecule is Cc1c(C(=O)O)c(Cn2cccn2)nc2ccccc12. The molecule has 0 atom stereocenters. The van der Waals surface area contributed by atoms with Crippen LogP contribution < -0.4 is 0 Å². The maximum Gasteiger partial charge on any atom is 0.337 e. The first-order chi connectivity index (χ1) is 9.66. The molecule has 0 aliphatic rings. The van der Waals surface area contributed by atoms with Gasteiger partial charge in [-0.15, -0.1) is 0 Å². The maximum atomic E-state index is 11.5. The lowest BCUT2D eigenvalue weighted by atomic mass is 10.0. The third-order valence-corrected chi connectivity index (χ3v) is 3.31. The molecule has 5 nitrogen and oxygen atoms in total. The van der Waals surface area contributed by atoms with E-state index in [1.807, 2.05) is 31.2 Å². The molecule has 2 heterocycles. The first kappa shape index (κ1) is 12.3. The van der Waals surface area contributed by atoms with Gasteiger partial charge in [0.25, 0.3) is 0 Å². The van der Waals surface area contributed by atoms with Crippen LogP contribution in [-0.2, 0) is 6.54 Å². The minimum atomic E-state index is -0.956. The zero-order chi connectivity index (χ0) is 14.1. The lowest BCUT2D eigenvalue weighted by Crippen LogP contribution is -2.12. The van der Waals surface area contributed by atoms with Crippen molar-refractivity contribution in [3.63, 3.8) is 0 Å². The lowest BCUT2D eigenvalue weighted by molar-refractivity contribution is 0.0694. The number of aromatic nitrogens is 3. The Hall–Kier alpha value is -2.69. The van der Waals surface area contributed by atoms with E-state index in [4.69, 9.17) is 0 Å². The van der Waals surface area contributed by atoms with E-state index in [9.17, 15) is 9.90 Å². The van der Waals surface area contributed by atoms with Gasteiger partial charge in [0.15, 0.2) is 0 Å². The molecule has 1 N–H and O–H groups in total. The van der Waals surface area contributed by atoms with Crippen molar-refractivity contribution in [3.05, 3.63) is 59.5 Å². The quantitative estimate of drug-likeness (QED) is 0.791. The highest BCUT2D eigenvalue weighted by Gasteiger charge is 2.18. The van der Waals surface area contributed by atoms with Gasteiger partial charge in [-0.2, -0.15) is 5.10 Å². The van der Waals surface area contributed by atoms with Crippen LogP contribution in [0.15, 0.2) is 42.7 Å². The van der Waals surface area contributed by atoms with E-state index in [1.165, 1.54) is 0 Å². The Morgan fingerprint density at radius 2 is 2.10 bits per heavy atom. The summed E-state index contributed by atoms with van der Waals surface area (Å²) in [4.78, 5) is 16.0. The van der Waals surface area contributed by atoms with E-state index in [0.29, 0.717) is 12.2 Å². The molecule has 100 valence electrons. The van der Waals surface area contributed by atoms with E-state index in [-0.39, 0.29) is 5.56 Å². The number of pyridine rings is 1. The van der Waals surface area contributed by atoms with Crippen LogP contribution in [0.4, 0.5) is 0 Å². The van der Waals surface area contributed by atoms with Crippen LogP contribution >= 0.6 is 0 Å².